The van der Waals surface area contributed by atoms with Crippen LogP contribution in [-0.2, 0) is 14.8 Å². The first-order valence-electron chi connectivity index (χ1n) is 10.6. The first-order chi connectivity index (χ1) is 16.3. The highest BCUT2D eigenvalue weighted by Gasteiger charge is 2.30. The molecule has 4 aromatic rings. The third-order valence-electron chi connectivity index (χ3n) is 5.73. The summed E-state index contributed by atoms with van der Waals surface area (Å²) in [6.45, 7) is 3.64. The molecule has 0 saturated carbocycles. The van der Waals surface area contributed by atoms with Crippen LogP contribution < -0.4 is 5.01 Å². The van der Waals surface area contributed by atoms with Gasteiger partial charge in [0.1, 0.15) is 0 Å². The van der Waals surface area contributed by atoms with Gasteiger partial charge in [0.05, 0.1) is 32.4 Å². The van der Waals surface area contributed by atoms with Crippen molar-refractivity contribution in [2.45, 2.75) is 18.7 Å². The standard InChI is InChI=1S/C26H20ClN3O3S/c1-17-11-13-20(14-12-17)34(32,33)29-16-19(21-7-3-5-9-24(21)29)15-22-18(2)28-30(26(22)31)25-10-6-4-8-23(25)27/h3-16H,1-2H3/b22-15-. The minimum absolute atomic E-state index is 0.192. The summed E-state index contributed by atoms with van der Waals surface area (Å²) in [6.07, 6.45) is 3.23. The van der Waals surface area contributed by atoms with Crippen LogP contribution in [0.15, 0.2) is 94.6 Å². The van der Waals surface area contributed by atoms with Crippen LogP contribution in [0.1, 0.15) is 18.1 Å². The molecule has 1 amide bonds. The van der Waals surface area contributed by atoms with Gasteiger partial charge >= 0.3 is 0 Å². The Balaban J connectivity index is 1.62. The summed E-state index contributed by atoms with van der Waals surface area (Å²) < 4.78 is 28.1. The Morgan fingerprint density at radius 3 is 2.32 bits per heavy atom. The Hall–Kier alpha value is -3.68. The van der Waals surface area contributed by atoms with Gasteiger partial charge in [0.15, 0.2) is 0 Å². The third-order valence-corrected chi connectivity index (χ3v) is 7.74. The topological polar surface area (TPSA) is 71.7 Å². The largest absolute Gasteiger partial charge is 0.280 e. The van der Waals surface area contributed by atoms with Crippen LogP contribution in [0.25, 0.3) is 17.0 Å². The fourth-order valence-electron chi connectivity index (χ4n) is 3.94. The summed E-state index contributed by atoms with van der Waals surface area (Å²) in [5.41, 5.74) is 3.47. The van der Waals surface area contributed by atoms with Gasteiger partial charge in [-0.05, 0) is 50.3 Å². The zero-order chi connectivity index (χ0) is 24.0. The molecule has 170 valence electrons. The molecule has 2 heterocycles. The molecule has 1 aromatic heterocycles. The van der Waals surface area contributed by atoms with Crippen molar-refractivity contribution < 1.29 is 13.2 Å². The van der Waals surface area contributed by atoms with E-state index in [9.17, 15) is 13.2 Å². The lowest BCUT2D eigenvalue weighted by Crippen LogP contribution is -2.21. The molecule has 0 atom stereocenters. The fourth-order valence-corrected chi connectivity index (χ4v) is 5.53. The number of hydrogen-bond donors (Lipinski definition) is 0. The van der Waals surface area contributed by atoms with Crippen LogP contribution in [0.2, 0.25) is 5.02 Å². The third kappa shape index (κ3) is 3.63. The second kappa shape index (κ2) is 8.27. The molecular formula is C26H20ClN3O3S. The minimum Gasteiger partial charge on any atom is -0.267 e. The molecule has 0 fully saturated rings. The minimum atomic E-state index is -3.84. The van der Waals surface area contributed by atoms with Crippen molar-refractivity contribution >= 4 is 55.9 Å². The van der Waals surface area contributed by atoms with Crippen LogP contribution in [0.4, 0.5) is 5.69 Å². The predicted octanol–water partition coefficient (Wildman–Crippen LogP) is 5.65. The van der Waals surface area contributed by atoms with Crippen LogP contribution in [0.5, 0.6) is 0 Å². The van der Waals surface area contributed by atoms with E-state index in [1.807, 2.05) is 19.1 Å². The molecule has 6 nitrogen and oxygen atoms in total. The predicted molar refractivity (Wildman–Crippen MR) is 136 cm³/mol. The first-order valence-corrected chi connectivity index (χ1v) is 12.4. The Morgan fingerprint density at radius 1 is 0.912 bits per heavy atom. The van der Waals surface area contributed by atoms with Gasteiger partial charge in [-0.25, -0.2) is 12.4 Å². The number of benzene rings is 3. The monoisotopic (exact) mass is 489 g/mol. The van der Waals surface area contributed by atoms with Crippen LogP contribution in [0.3, 0.4) is 0 Å². The van der Waals surface area contributed by atoms with Gasteiger partial charge < -0.3 is 0 Å². The number of anilines is 1. The molecular weight excluding hydrogens is 470 g/mol. The number of aryl methyl sites for hydroxylation is 1. The highest BCUT2D eigenvalue weighted by atomic mass is 35.5. The zero-order valence-corrected chi connectivity index (χ0v) is 20.0. The number of halogens is 1. The maximum absolute atomic E-state index is 13.4. The second-order valence-electron chi connectivity index (χ2n) is 8.03. The van der Waals surface area contributed by atoms with Crippen molar-refractivity contribution in [3.8, 4) is 0 Å². The smallest absolute Gasteiger partial charge is 0.267 e. The van der Waals surface area contributed by atoms with Crippen molar-refractivity contribution in [3.63, 3.8) is 0 Å². The number of fused-ring (bicyclic) bond motifs is 1. The molecule has 1 aliphatic heterocycles. The quantitative estimate of drug-likeness (QED) is 0.348. The Bertz CT molecular complexity index is 1620. The first kappa shape index (κ1) is 22.1. The summed E-state index contributed by atoms with van der Waals surface area (Å²) in [7, 11) is -3.84. The average Bonchev–Trinajstić information content (AvgIpc) is 3.33. The lowest BCUT2D eigenvalue weighted by molar-refractivity contribution is -0.114. The number of hydrogen-bond acceptors (Lipinski definition) is 4. The molecule has 0 saturated heterocycles. The summed E-state index contributed by atoms with van der Waals surface area (Å²) in [5, 5.41) is 6.78. The van der Waals surface area contributed by atoms with E-state index in [-0.39, 0.29) is 10.8 Å². The molecule has 0 unspecified atom stereocenters. The maximum atomic E-state index is 13.4. The van der Waals surface area contributed by atoms with E-state index < -0.39 is 10.0 Å². The average molecular weight is 490 g/mol. The summed E-state index contributed by atoms with van der Waals surface area (Å²) in [5.74, 6) is -0.330. The molecule has 5 rings (SSSR count). The molecule has 0 N–H and O–H groups in total. The van der Waals surface area contributed by atoms with Crippen molar-refractivity contribution in [2.75, 3.05) is 5.01 Å². The normalized spacial score (nSPS) is 15.4. The second-order valence-corrected chi connectivity index (χ2v) is 10.2. The molecule has 3 aromatic carbocycles. The number of para-hydroxylation sites is 2. The van der Waals surface area contributed by atoms with Crippen LogP contribution in [-0.4, -0.2) is 24.0 Å². The number of hydrazone groups is 1. The zero-order valence-electron chi connectivity index (χ0n) is 18.4. The summed E-state index contributed by atoms with van der Waals surface area (Å²) >= 11 is 6.27. The maximum Gasteiger partial charge on any atom is 0.280 e. The van der Waals surface area contributed by atoms with E-state index in [1.165, 1.54) is 8.98 Å². The van der Waals surface area contributed by atoms with Gasteiger partial charge in [0, 0.05) is 17.1 Å². The SMILES string of the molecule is CC1=NN(c2ccccc2Cl)C(=O)/C1=C\c1cn(S(=O)(=O)c2ccc(C)cc2)c2ccccc12. The molecule has 0 bridgehead atoms. The van der Waals surface area contributed by atoms with E-state index in [0.29, 0.717) is 38.5 Å². The van der Waals surface area contributed by atoms with Crippen molar-refractivity contribution in [3.05, 3.63) is 101 Å². The van der Waals surface area contributed by atoms with Gasteiger partial charge in [0.25, 0.3) is 15.9 Å². The fraction of sp³-hybridized carbons (Fsp3) is 0.0769. The van der Waals surface area contributed by atoms with Crippen molar-refractivity contribution in [1.29, 1.82) is 0 Å². The van der Waals surface area contributed by atoms with E-state index >= 15 is 0 Å². The van der Waals surface area contributed by atoms with Crippen LogP contribution in [0, 0.1) is 6.92 Å². The van der Waals surface area contributed by atoms with Gasteiger partial charge in [0.2, 0.25) is 0 Å². The van der Waals surface area contributed by atoms with E-state index in [4.69, 9.17) is 11.6 Å². The Labute approximate surface area is 202 Å². The molecule has 0 aliphatic carbocycles. The van der Waals surface area contributed by atoms with Gasteiger partial charge in [-0.2, -0.15) is 10.1 Å². The lowest BCUT2D eigenvalue weighted by Gasteiger charge is -2.12. The molecule has 1 aliphatic rings. The van der Waals surface area contributed by atoms with E-state index in [0.717, 1.165) is 5.56 Å². The molecule has 0 radical (unpaired) electrons. The van der Waals surface area contributed by atoms with Gasteiger partial charge in [-0.3, -0.25) is 4.79 Å². The highest BCUT2D eigenvalue weighted by Crippen LogP contribution is 2.33. The van der Waals surface area contributed by atoms with E-state index in [2.05, 4.69) is 5.10 Å². The number of aromatic nitrogens is 1. The summed E-state index contributed by atoms with van der Waals surface area (Å²) in [4.78, 5) is 13.4. The van der Waals surface area contributed by atoms with E-state index in [1.54, 1.807) is 79.9 Å². The number of amides is 1. The summed E-state index contributed by atoms with van der Waals surface area (Å²) in [6, 6.07) is 20.9. The Kier molecular flexibility index (Phi) is 5.38. The lowest BCUT2D eigenvalue weighted by atomic mass is 10.1. The number of carbonyl (C=O) groups excluding carboxylic acids is 1. The Morgan fingerprint density at radius 2 is 1.59 bits per heavy atom. The number of rotatable bonds is 4. The highest BCUT2D eigenvalue weighted by molar-refractivity contribution is 7.90. The van der Waals surface area contributed by atoms with Crippen molar-refractivity contribution in [1.82, 2.24) is 3.97 Å². The number of nitrogens with zero attached hydrogens (tertiary/aromatic N) is 3. The van der Waals surface area contributed by atoms with Gasteiger partial charge in [-0.1, -0.05) is 59.6 Å². The van der Waals surface area contributed by atoms with Crippen LogP contribution >= 0.6 is 11.6 Å². The van der Waals surface area contributed by atoms with Gasteiger partial charge in [-0.15, -0.1) is 0 Å². The van der Waals surface area contributed by atoms with Crippen molar-refractivity contribution in [2.24, 2.45) is 5.10 Å². The molecule has 8 heteroatoms. The number of carbonyl (C=O) groups is 1. The molecule has 0 spiro atoms. The molecule has 34 heavy (non-hydrogen) atoms.